The Bertz CT molecular complexity index is 980. The fourth-order valence-corrected chi connectivity index (χ4v) is 3.53. The van der Waals surface area contributed by atoms with Crippen LogP contribution in [0.3, 0.4) is 0 Å². The van der Waals surface area contributed by atoms with Gasteiger partial charge in [0.25, 0.3) is 11.8 Å². The van der Waals surface area contributed by atoms with Crippen LogP contribution in [0.4, 0.5) is 10.2 Å². The van der Waals surface area contributed by atoms with Crippen LogP contribution < -0.4 is 15.0 Å². The molecule has 2 aliphatic heterocycles. The summed E-state index contributed by atoms with van der Waals surface area (Å²) >= 11 is 0. The number of ether oxygens (including phenoxy) is 2. The normalized spacial score (nSPS) is 21.4. The Balaban J connectivity index is 1.52. The van der Waals surface area contributed by atoms with Gasteiger partial charge in [-0.2, -0.15) is 0 Å². The quantitative estimate of drug-likeness (QED) is 0.813. The number of likely N-dealkylation sites (N-methyl/N-ethyl adjacent to an activating group) is 1. The third-order valence-electron chi connectivity index (χ3n) is 5.16. The number of aromatic nitrogens is 3. The summed E-state index contributed by atoms with van der Waals surface area (Å²) in [4.78, 5) is 39.2. The first-order valence-corrected chi connectivity index (χ1v) is 9.76. The van der Waals surface area contributed by atoms with E-state index in [1.807, 2.05) is 6.92 Å². The molecule has 0 aromatic carbocycles. The number of anilines is 1. The van der Waals surface area contributed by atoms with Crippen LogP contribution in [0.2, 0.25) is 0 Å². The zero-order valence-electron chi connectivity index (χ0n) is 16.7. The van der Waals surface area contributed by atoms with Crippen LogP contribution in [0, 0.1) is 12.7 Å². The molecule has 1 fully saturated rings. The SMILES string of the molecule is Cc1cnc(C(=O)N[C@H]2COc3cc(F)cnc3N(C)C2=O)nc1C1CCCCO1. The van der Waals surface area contributed by atoms with Crippen molar-refractivity contribution in [1.29, 1.82) is 0 Å². The monoisotopic (exact) mass is 415 g/mol. The lowest BCUT2D eigenvalue weighted by Crippen LogP contribution is -2.49. The van der Waals surface area contributed by atoms with Gasteiger partial charge in [-0.25, -0.2) is 19.3 Å². The molecule has 9 nitrogen and oxygen atoms in total. The van der Waals surface area contributed by atoms with Crippen LogP contribution in [0.1, 0.15) is 47.2 Å². The third-order valence-corrected chi connectivity index (χ3v) is 5.16. The molecule has 0 radical (unpaired) electrons. The molecule has 4 heterocycles. The second-order valence-electron chi connectivity index (χ2n) is 7.33. The molecule has 0 aliphatic carbocycles. The van der Waals surface area contributed by atoms with Gasteiger partial charge < -0.3 is 14.8 Å². The summed E-state index contributed by atoms with van der Waals surface area (Å²) in [6, 6.07) is 0.148. The Labute approximate surface area is 172 Å². The second kappa shape index (κ2) is 8.31. The number of carbonyl (C=O) groups is 2. The number of aryl methyl sites for hydroxylation is 1. The molecule has 30 heavy (non-hydrogen) atoms. The lowest BCUT2D eigenvalue weighted by Gasteiger charge is -2.23. The topological polar surface area (TPSA) is 107 Å². The highest BCUT2D eigenvalue weighted by Crippen LogP contribution is 2.29. The largest absolute Gasteiger partial charge is 0.487 e. The Kier molecular flexibility index (Phi) is 5.58. The van der Waals surface area contributed by atoms with Crippen LogP contribution in [-0.2, 0) is 9.53 Å². The molecular formula is C20H22FN5O4. The third kappa shape index (κ3) is 3.95. The fraction of sp³-hybridized carbons (Fsp3) is 0.450. The Morgan fingerprint density at radius 3 is 2.90 bits per heavy atom. The molecule has 2 aliphatic rings. The van der Waals surface area contributed by atoms with E-state index in [0.29, 0.717) is 12.3 Å². The molecule has 0 bridgehead atoms. The maximum Gasteiger partial charge on any atom is 0.289 e. The van der Waals surface area contributed by atoms with E-state index in [2.05, 4.69) is 20.3 Å². The highest BCUT2D eigenvalue weighted by molar-refractivity contribution is 6.01. The van der Waals surface area contributed by atoms with Gasteiger partial charge in [-0.05, 0) is 31.7 Å². The summed E-state index contributed by atoms with van der Waals surface area (Å²) in [5, 5.41) is 2.61. The number of nitrogens with one attached hydrogen (secondary N) is 1. The number of rotatable bonds is 3. The Morgan fingerprint density at radius 1 is 1.30 bits per heavy atom. The van der Waals surface area contributed by atoms with Crippen molar-refractivity contribution in [2.24, 2.45) is 0 Å². The van der Waals surface area contributed by atoms with Crippen molar-refractivity contribution in [2.45, 2.75) is 38.3 Å². The van der Waals surface area contributed by atoms with E-state index in [9.17, 15) is 14.0 Å². The van der Waals surface area contributed by atoms with Gasteiger partial charge in [0.2, 0.25) is 5.82 Å². The molecule has 1 unspecified atom stereocenters. The fourth-order valence-electron chi connectivity index (χ4n) is 3.53. The van der Waals surface area contributed by atoms with Gasteiger partial charge in [0.05, 0.1) is 18.0 Å². The first-order chi connectivity index (χ1) is 14.4. The number of hydrogen-bond donors (Lipinski definition) is 1. The molecule has 0 saturated carbocycles. The molecule has 0 spiro atoms. The van der Waals surface area contributed by atoms with Gasteiger partial charge in [0.1, 0.15) is 18.5 Å². The van der Waals surface area contributed by atoms with Crippen LogP contribution >= 0.6 is 0 Å². The molecule has 158 valence electrons. The second-order valence-corrected chi connectivity index (χ2v) is 7.33. The van der Waals surface area contributed by atoms with Gasteiger partial charge >= 0.3 is 0 Å². The van der Waals surface area contributed by atoms with Crippen molar-refractivity contribution in [1.82, 2.24) is 20.3 Å². The van der Waals surface area contributed by atoms with Gasteiger partial charge in [-0.15, -0.1) is 0 Å². The minimum absolute atomic E-state index is 0.0499. The highest BCUT2D eigenvalue weighted by atomic mass is 19.1. The molecule has 10 heteroatoms. The van der Waals surface area contributed by atoms with Crippen molar-refractivity contribution >= 4 is 17.6 Å². The van der Waals surface area contributed by atoms with Crippen molar-refractivity contribution in [2.75, 3.05) is 25.2 Å². The Hall–Kier alpha value is -3.14. The van der Waals surface area contributed by atoms with Crippen molar-refractivity contribution < 1.29 is 23.5 Å². The summed E-state index contributed by atoms with van der Waals surface area (Å²) in [6.07, 6.45) is 5.28. The average Bonchev–Trinajstić information content (AvgIpc) is 2.86. The lowest BCUT2D eigenvalue weighted by atomic mass is 10.0. The van der Waals surface area contributed by atoms with Crippen LogP contribution in [0.15, 0.2) is 18.5 Å². The summed E-state index contributed by atoms with van der Waals surface area (Å²) in [5.74, 6) is -1.36. The lowest BCUT2D eigenvalue weighted by molar-refractivity contribution is -0.120. The number of hydrogen-bond acceptors (Lipinski definition) is 7. The minimum atomic E-state index is -1.00. The number of nitrogens with zero attached hydrogens (tertiary/aromatic N) is 4. The number of halogens is 1. The molecule has 2 atom stereocenters. The molecule has 4 rings (SSSR count). The predicted octanol–water partition coefficient (Wildman–Crippen LogP) is 1.71. The van der Waals surface area contributed by atoms with E-state index < -0.39 is 23.7 Å². The van der Waals surface area contributed by atoms with Crippen LogP contribution in [-0.4, -0.2) is 53.1 Å². The number of pyridine rings is 1. The summed E-state index contributed by atoms with van der Waals surface area (Å²) in [6.45, 7) is 2.36. The molecule has 2 aromatic rings. The molecule has 2 amide bonds. The highest BCUT2D eigenvalue weighted by Gasteiger charge is 2.32. The van der Waals surface area contributed by atoms with E-state index in [-0.39, 0.29) is 30.1 Å². The van der Waals surface area contributed by atoms with Gasteiger partial charge in [0, 0.05) is 25.9 Å². The van der Waals surface area contributed by atoms with E-state index >= 15 is 0 Å². The first kappa shape index (κ1) is 20.1. The van der Waals surface area contributed by atoms with E-state index in [4.69, 9.17) is 9.47 Å². The van der Waals surface area contributed by atoms with Gasteiger partial charge in [-0.1, -0.05) is 0 Å². The Morgan fingerprint density at radius 2 is 2.13 bits per heavy atom. The van der Waals surface area contributed by atoms with Crippen LogP contribution in [0.5, 0.6) is 5.75 Å². The maximum absolute atomic E-state index is 13.5. The van der Waals surface area contributed by atoms with Crippen LogP contribution in [0.25, 0.3) is 0 Å². The van der Waals surface area contributed by atoms with Gasteiger partial charge in [-0.3, -0.25) is 14.5 Å². The van der Waals surface area contributed by atoms with Crippen molar-refractivity contribution in [3.8, 4) is 5.75 Å². The minimum Gasteiger partial charge on any atom is -0.487 e. The smallest absolute Gasteiger partial charge is 0.289 e. The summed E-state index contributed by atoms with van der Waals surface area (Å²) in [5.41, 5.74) is 1.53. The predicted molar refractivity (Wildman–Crippen MR) is 104 cm³/mol. The van der Waals surface area contributed by atoms with E-state index in [1.165, 1.54) is 11.9 Å². The number of amides is 2. The maximum atomic E-state index is 13.5. The zero-order valence-corrected chi connectivity index (χ0v) is 16.7. The summed E-state index contributed by atoms with van der Waals surface area (Å²) < 4.78 is 24.8. The first-order valence-electron chi connectivity index (χ1n) is 9.76. The molecule has 2 aromatic heterocycles. The van der Waals surface area contributed by atoms with E-state index in [1.54, 1.807) is 6.20 Å². The molecular weight excluding hydrogens is 393 g/mol. The van der Waals surface area contributed by atoms with Crippen molar-refractivity contribution in [3.05, 3.63) is 41.4 Å². The molecule has 1 saturated heterocycles. The van der Waals surface area contributed by atoms with Crippen molar-refractivity contribution in [3.63, 3.8) is 0 Å². The average molecular weight is 415 g/mol. The van der Waals surface area contributed by atoms with E-state index in [0.717, 1.165) is 37.1 Å². The molecule has 1 N–H and O–H groups in total. The summed E-state index contributed by atoms with van der Waals surface area (Å²) in [7, 11) is 1.49. The van der Waals surface area contributed by atoms with Gasteiger partial charge in [0.15, 0.2) is 11.6 Å². The standard InChI is InChI=1S/C20H22FN5O4/c1-11-8-22-17(25-16(11)14-5-3-4-6-29-14)19(27)24-13-10-30-15-7-12(21)9-23-18(15)26(2)20(13)28/h7-9,13-14H,3-6,10H2,1-2H3,(H,24,27)/t13-,14?/m0/s1. The number of fused-ring (bicyclic) bond motifs is 1. The number of carbonyl (C=O) groups excluding carboxylic acids is 2. The zero-order chi connectivity index (χ0) is 21.3.